The number of nitrogens with one attached hydrogen (secondary N) is 1. The van der Waals surface area contributed by atoms with E-state index in [-0.39, 0.29) is 0 Å². The van der Waals surface area contributed by atoms with Gasteiger partial charge in [-0.1, -0.05) is 0 Å². The minimum Gasteiger partial charge on any atom is -0.378 e. The largest absolute Gasteiger partial charge is 0.378 e. The van der Waals surface area contributed by atoms with Gasteiger partial charge in [-0.15, -0.1) is 23.1 Å². The van der Waals surface area contributed by atoms with Crippen molar-refractivity contribution in [1.29, 1.82) is 0 Å². The van der Waals surface area contributed by atoms with Crippen LogP contribution in [-0.2, 0) is 11.3 Å². The lowest BCUT2D eigenvalue weighted by Gasteiger charge is -2.42. The number of hydrogen-bond acceptors (Lipinski definition) is 8. The van der Waals surface area contributed by atoms with Crippen molar-refractivity contribution in [3.05, 3.63) is 35.3 Å². The molecule has 7 nitrogen and oxygen atoms in total. The van der Waals surface area contributed by atoms with E-state index in [0.717, 1.165) is 67.1 Å². The molecule has 194 valence electrons. The number of anilines is 1. The number of thioether (sulfide) groups is 1. The predicted molar refractivity (Wildman–Crippen MR) is 154 cm³/mol. The Bertz CT molecular complexity index is 1400. The van der Waals surface area contributed by atoms with Crippen LogP contribution in [0.15, 0.2) is 35.4 Å². The highest BCUT2D eigenvalue weighted by molar-refractivity contribution is 7.98. The molecule has 0 amide bonds. The van der Waals surface area contributed by atoms with Gasteiger partial charge in [0.15, 0.2) is 11.6 Å². The number of likely N-dealkylation sites (tertiary alicyclic amines) is 2. The van der Waals surface area contributed by atoms with Crippen molar-refractivity contribution in [2.24, 2.45) is 0 Å². The van der Waals surface area contributed by atoms with Crippen LogP contribution in [0.2, 0.25) is 0 Å². The Morgan fingerprint density at radius 1 is 1.05 bits per heavy atom. The maximum Gasteiger partial charge on any atom is 0.162 e. The summed E-state index contributed by atoms with van der Waals surface area (Å²) in [7, 11) is 0. The normalized spacial score (nSPS) is 20.2. The molecule has 0 saturated carbocycles. The third-order valence-corrected chi connectivity index (χ3v) is 9.99. The first-order chi connectivity index (χ1) is 18.2. The van der Waals surface area contributed by atoms with Gasteiger partial charge in [-0.2, -0.15) is 0 Å². The predicted octanol–water partition coefficient (Wildman–Crippen LogP) is 5.07. The van der Waals surface area contributed by atoms with E-state index in [1.807, 2.05) is 17.5 Å². The minimum absolute atomic E-state index is 0.745. The number of piperidine rings is 1. The molecule has 0 atom stereocenters. The molecular weight excluding hydrogens is 500 g/mol. The molecule has 0 unspecified atom stereocenters. The van der Waals surface area contributed by atoms with E-state index in [0.29, 0.717) is 0 Å². The summed E-state index contributed by atoms with van der Waals surface area (Å²) in [4.78, 5) is 24.1. The molecule has 0 aliphatic carbocycles. The maximum absolute atomic E-state index is 5.67. The van der Waals surface area contributed by atoms with Crippen molar-refractivity contribution in [2.45, 2.75) is 36.7 Å². The summed E-state index contributed by atoms with van der Waals surface area (Å²) in [5.41, 5.74) is 3.30. The van der Waals surface area contributed by atoms with Gasteiger partial charge in [-0.25, -0.2) is 9.97 Å². The van der Waals surface area contributed by atoms with Gasteiger partial charge in [0.1, 0.15) is 0 Å². The summed E-state index contributed by atoms with van der Waals surface area (Å²) in [6.45, 7) is 9.23. The smallest absolute Gasteiger partial charge is 0.162 e. The van der Waals surface area contributed by atoms with Crippen molar-refractivity contribution in [1.82, 2.24) is 24.8 Å². The van der Waals surface area contributed by atoms with Crippen LogP contribution in [0.1, 0.15) is 24.1 Å². The van der Waals surface area contributed by atoms with Gasteiger partial charge in [-0.05, 0) is 62.9 Å². The third-order valence-electron chi connectivity index (χ3n) is 8.18. The molecule has 1 aromatic carbocycles. The van der Waals surface area contributed by atoms with Gasteiger partial charge < -0.3 is 19.5 Å². The average molecular weight is 535 g/mol. The summed E-state index contributed by atoms with van der Waals surface area (Å²) >= 11 is 3.63. The van der Waals surface area contributed by atoms with Crippen molar-refractivity contribution in [2.75, 3.05) is 63.6 Å². The molecule has 37 heavy (non-hydrogen) atoms. The van der Waals surface area contributed by atoms with Crippen LogP contribution in [0.4, 0.5) is 5.82 Å². The SMILES string of the molecule is CSc1cc(-c2nc(N3CCOCC3)c3sc(CN4CCC(N5CCC5)CC4)cc3n2)c2cc[nH]c2c1. The van der Waals surface area contributed by atoms with E-state index in [2.05, 4.69) is 50.2 Å². The molecule has 3 aromatic heterocycles. The fourth-order valence-electron chi connectivity index (χ4n) is 5.96. The number of morpholine rings is 1. The van der Waals surface area contributed by atoms with Crippen LogP contribution < -0.4 is 4.90 Å². The molecule has 3 aliphatic rings. The highest BCUT2D eigenvalue weighted by Gasteiger charge is 2.28. The molecule has 1 N–H and O–H groups in total. The van der Waals surface area contributed by atoms with Crippen molar-refractivity contribution in [3.63, 3.8) is 0 Å². The molecule has 6 heterocycles. The van der Waals surface area contributed by atoms with Gasteiger partial charge in [-0.3, -0.25) is 4.90 Å². The Balaban J connectivity index is 1.24. The fourth-order valence-corrected chi connectivity index (χ4v) is 7.59. The van der Waals surface area contributed by atoms with Crippen LogP contribution in [0.5, 0.6) is 0 Å². The monoisotopic (exact) mass is 534 g/mol. The fraction of sp³-hybridized carbons (Fsp3) is 0.500. The number of aromatic nitrogens is 3. The first-order valence-corrected chi connectivity index (χ1v) is 15.5. The number of benzene rings is 1. The summed E-state index contributed by atoms with van der Waals surface area (Å²) in [5.74, 6) is 1.88. The van der Waals surface area contributed by atoms with E-state index in [4.69, 9.17) is 14.7 Å². The maximum atomic E-state index is 5.67. The summed E-state index contributed by atoms with van der Waals surface area (Å²) in [6, 6.07) is 9.71. The van der Waals surface area contributed by atoms with Gasteiger partial charge in [0.05, 0.1) is 23.4 Å². The zero-order valence-corrected chi connectivity index (χ0v) is 23.0. The second-order valence-corrected chi connectivity index (χ2v) is 12.4. The number of thiophene rings is 1. The van der Waals surface area contributed by atoms with Crippen LogP contribution >= 0.6 is 23.1 Å². The number of nitrogens with zero attached hydrogens (tertiary/aromatic N) is 5. The first kappa shape index (κ1) is 23.9. The zero-order chi connectivity index (χ0) is 24.8. The number of aromatic amines is 1. The molecule has 4 aromatic rings. The molecule has 3 aliphatic heterocycles. The quantitative estimate of drug-likeness (QED) is 0.347. The Labute approximate surface area is 226 Å². The van der Waals surface area contributed by atoms with E-state index in [1.54, 1.807) is 11.8 Å². The molecular formula is C28H34N6OS2. The lowest BCUT2D eigenvalue weighted by atomic mass is 10.00. The average Bonchev–Trinajstić information content (AvgIpc) is 3.54. The molecule has 7 rings (SSSR count). The van der Waals surface area contributed by atoms with Gasteiger partial charge in [0.25, 0.3) is 0 Å². The molecule has 9 heteroatoms. The molecule has 0 bridgehead atoms. The highest BCUT2D eigenvalue weighted by atomic mass is 32.2. The zero-order valence-electron chi connectivity index (χ0n) is 21.4. The Morgan fingerprint density at radius 2 is 1.89 bits per heavy atom. The first-order valence-electron chi connectivity index (χ1n) is 13.5. The van der Waals surface area contributed by atoms with E-state index >= 15 is 0 Å². The highest BCUT2D eigenvalue weighted by Crippen LogP contribution is 2.38. The van der Waals surface area contributed by atoms with E-state index < -0.39 is 0 Å². The molecule has 0 radical (unpaired) electrons. The molecule has 3 saturated heterocycles. The summed E-state index contributed by atoms with van der Waals surface area (Å²) < 4.78 is 6.88. The summed E-state index contributed by atoms with van der Waals surface area (Å²) in [6.07, 6.45) is 8.11. The second-order valence-electron chi connectivity index (χ2n) is 10.4. The topological polar surface area (TPSA) is 60.5 Å². The third kappa shape index (κ3) is 4.65. The van der Waals surface area contributed by atoms with Crippen LogP contribution in [0, 0.1) is 0 Å². The number of H-pyrrole nitrogens is 1. The van der Waals surface area contributed by atoms with Crippen molar-refractivity contribution < 1.29 is 4.74 Å². The standard InChI is InChI=1S/C28H34N6OS2/c1-36-20-15-23(22-3-6-29-24(22)16-20)27-30-25-17-21(18-32-9-4-19(5-10-32)33-7-2-8-33)37-26(25)28(31-27)34-11-13-35-14-12-34/h3,6,15-17,19,29H,2,4-5,7-14,18H2,1H3. The van der Waals surface area contributed by atoms with Crippen LogP contribution in [0.25, 0.3) is 32.5 Å². The Morgan fingerprint density at radius 3 is 2.65 bits per heavy atom. The van der Waals surface area contributed by atoms with Crippen LogP contribution in [0.3, 0.4) is 0 Å². The summed E-state index contributed by atoms with van der Waals surface area (Å²) in [5, 5.41) is 1.17. The Hall–Kier alpha value is -2.17. The van der Waals surface area contributed by atoms with Gasteiger partial charge >= 0.3 is 0 Å². The molecule has 3 fully saturated rings. The lowest BCUT2D eigenvalue weighted by molar-refractivity contribution is 0.0615. The van der Waals surface area contributed by atoms with E-state index in [9.17, 15) is 0 Å². The number of rotatable bonds is 6. The lowest BCUT2D eigenvalue weighted by Crippen LogP contribution is -2.50. The van der Waals surface area contributed by atoms with Crippen LogP contribution in [-0.4, -0.2) is 89.5 Å². The number of ether oxygens (including phenoxy) is 1. The van der Waals surface area contributed by atoms with Crippen molar-refractivity contribution >= 4 is 50.0 Å². The number of hydrogen-bond donors (Lipinski definition) is 1. The second kappa shape index (κ2) is 10.2. The number of fused-ring (bicyclic) bond motifs is 2. The molecule has 0 spiro atoms. The minimum atomic E-state index is 0.745. The van der Waals surface area contributed by atoms with Crippen molar-refractivity contribution in [3.8, 4) is 11.4 Å². The van der Waals surface area contributed by atoms with E-state index in [1.165, 1.54) is 65.3 Å². The Kier molecular flexibility index (Phi) is 6.58. The van der Waals surface area contributed by atoms with Gasteiger partial charge in [0, 0.05) is 71.2 Å². The van der Waals surface area contributed by atoms with Gasteiger partial charge in [0.2, 0.25) is 0 Å².